The SMILES string of the molecule is Cc1noc(COc2ccc([N+](=O)[O-])cc2S(=O)(=O)Cl)n1. The van der Waals surface area contributed by atoms with E-state index in [4.69, 9.17) is 19.9 Å². The molecule has 0 aliphatic rings. The second-order valence-corrected chi connectivity index (χ2v) is 6.38. The van der Waals surface area contributed by atoms with Gasteiger partial charge in [0.25, 0.3) is 20.6 Å². The maximum absolute atomic E-state index is 11.5. The molecule has 2 rings (SSSR count). The Balaban J connectivity index is 2.32. The lowest BCUT2D eigenvalue weighted by Gasteiger charge is -2.07. The molecule has 21 heavy (non-hydrogen) atoms. The molecule has 1 heterocycles. The molecule has 0 amide bonds. The number of benzene rings is 1. The van der Waals surface area contributed by atoms with Crippen LogP contribution in [0.4, 0.5) is 5.69 Å². The highest BCUT2D eigenvalue weighted by Crippen LogP contribution is 2.31. The van der Waals surface area contributed by atoms with E-state index in [1.807, 2.05) is 0 Å². The molecule has 0 fully saturated rings. The van der Waals surface area contributed by atoms with E-state index in [-0.39, 0.29) is 18.2 Å². The third-order valence-corrected chi connectivity index (χ3v) is 3.66. The number of nitro groups is 1. The van der Waals surface area contributed by atoms with Gasteiger partial charge in [0, 0.05) is 22.8 Å². The molecule has 112 valence electrons. The van der Waals surface area contributed by atoms with E-state index < -0.39 is 24.6 Å². The topological polar surface area (TPSA) is 125 Å². The number of hydrogen-bond donors (Lipinski definition) is 0. The minimum absolute atomic E-state index is 0.128. The number of hydrogen-bond acceptors (Lipinski definition) is 8. The summed E-state index contributed by atoms with van der Waals surface area (Å²) in [6.45, 7) is 1.41. The van der Waals surface area contributed by atoms with Crippen LogP contribution < -0.4 is 4.74 Å². The Kier molecular flexibility index (Phi) is 4.09. The van der Waals surface area contributed by atoms with Crippen molar-refractivity contribution in [3.63, 3.8) is 0 Å². The highest BCUT2D eigenvalue weighted by molar-refractivity contribution is 8.13. The quantitative estimate of drug-likeness (QED) is 0.460. The van der Waals surface area contributed by atoms with Crippen LogP contribution in [0.2, 0.25) is 0 Å². The molecule has 1 aromatic heterocycles. The zero-order chi connectivity index (χ0) is 15.6. The lowest BCUT2D eigenvalue weighted by atomic mass is 10.3. The summed E-state index contributed by atoms with van der Waals surface area (Å²) in [7, 11) is 1.03. The number of rotatable bonds is 5. The first-order chi connectivity index (χ1) is 9.77. The fourth-order valence-corrected chi connectivity index (χ4v) is 2.45. The molecule has 0 aliphatic heterocycles. The molecule has 11 heteroatoms. The van der Waals surface area contributed by atoms with E-state index in [0.717, 1.165) is 18.2 Å². The molecular formula is C10H8ClN3O6S. The van der Waals surface area contributed by atoms with Gasteiger partial charge in [0.1, 0.15) is 10.6 Å². The number of aromatic nitrogens is 2. The molecule has 0 saturated heterocycles. The molecule has 0 bridgehead atoms. The fraction of sp³-hybridized carbons (Fsp3) is 0.200. The number of ether oxygens (including phenoxy) is 1. The van der Waals surface area contributed by atoms with Crippen LogP contribution in [0.5, 0.6) is 5.75 Å². The van der Waals surface area contributed by atoms with Crippen LogP contribution in [-0.2, 0) is 15.7 Å². The first-order valence-corrected chi connectivity index (χ1v) is 7.73. The van der Waals surface area contributed by atoms with Gasteiger partial charge in [0.05, 0.1) is 4.92 Å². The summed E-state index contributed by atoms with van der Waals surface area (Å²) in [6, 6.07) is 3.05. The van der Waals surface area contributed by atoms with Crippen LogP contribution >= 0.6 is 10.7 Å². The van der Waals surface area contributed by atoms with Crippen LogP contribution in [0.15, 0.2) is 27.6 Å². The van der Waals surface area contributed by atoms with Gasteiger partial charge in [-0.1, -0.05) is 5.16 Å². The molecule has 0 unspecified atom stereocenters. The van der Waals surface area contributed by atoms with Gasteiger partial charge in [-0.25, -0.2) is 8.42 Å². The molecule has 0 aliphatic carbocycles. The zero-order valence-corrected chi connectivity index (χ0v) is 12.1. The first-order valence-electron chi connectivity index (χ1n) is 5.42. The Labute approximate surface area is 123 Å². The van der Waals surface area contributed by atoms with Crippen LogP contribution in [0, 0.1) is 17.0 Å². The van der Waals surface area contributed by atoms with Crippen molar-refractivity contribution < 1.29 is 22.6 Å². The molecule has 0 saturated carbocycles. The maximum atomic E-state index is 11.5. The van der Waals surface area contributed by atoms with Crippen molar-refractivity contribution in [2.45, 2.75) is 18.4 Å². The molecule has 0 atom stereocenters. The van der Waals surface area contributed by atoms with Crippen LogP contribution in [0.3, 0.4) is 0 Å². The van der Waals surface area contributed by atoms with Crippen molar-refractivity contribution in [3.8, 4) is 5.75 Å². The minimum Gasteiger partial charge on any atom is -0.482 e. The van der Waals surface area contributed by atoms with E-state index in [0.29, 0.717) is 5.82 Å². The molecule has 0 N–H and O–H groups in total. The maximum Gasteiger partial charge on any atom is 0.271 e. The van der Waals surface area contributed by atoms with Crippen molar-refractivity contribution >= 4 is 25.4 Å². The summed E-state index contributed by atoms with van der Waals surface area (Å²) in [6.07, 6.45) is 0. The van der Waals surface area contributed by atoms with Crippen LogP contribution in [0.25, 0.3) is 0 Å². The van der Waals surface area contributed by atoms with Gasteiger partial charge in [-0.15, -0.1) is 0 Å². The molecule has 2 aromatic rings. The summed E-state index contributed by atoms with van der Waals surface area (Å²) in [5.41, 5.74) is -0.421. The Morgan fingerprint density at radius 1 is 1.48 bits per heavy atom. The Morgan fingerprint density at radius 2 is 2.19 bits per heavy atom. The summed E-state index contributed by atoms with van der Waals surface area (Å²) >= 11 is 0. The lowest BCUT2D eigenvalue weighted by Crippen LogP contribution is -2.02. The first kappa shape index (κ1) is 15.2. The Hall–Kier alpha value is -2.20. The third-order valence-electron chi connectivity index (χ3n) is 2.32. The van der Waals surface area contributed by atoms with Crippen molar-refractivity contribution in [3.05, 3.63) is 40.0 Å². The van der Waals surface area contributed by atoms with E-state index in [2.05, 4.69) is 10.1 Å². The van der Waals surface area contributed by atoms with Crippen molar-refractivity contribution in [2.24, 2.45) is 0 Å². The van der Waals surface area contributed by atoms with Gasteiger partial charge < -0.3 is 9.26 Å². The third kappa shape index (κ3) is 3.67. The molecule has 9 nitrogen and oxygen atoms in total. The average molecular weight is 334 g/mol. The highest BCUT2D eigenvalue weighted by atomic mass is 35.7. The van der Waals surface area contributed by atoms with Gasteiger partial charge in [0.2, 0.25) is 0 Å². The summed E-state index contributed by atoms with van der Waals surface area (Å²) in [5.74, 6) is 0.373. The average Bonchev–Trinajstić information content (AvgIpc) is 2.81. The van der Waals surface area contributed by atoms with Crippen molar-refractivity contribution in [2.75, 3.05) is 0 Å². The monoisotopic (exact) mass is 333 g/mol. The van der Waals surface area contributed by atoms with Crippen LogP contribution in [-0.4, -0.2) is 23.5 Å². The number of nitrogens with zero attached hydrogens (tertiary/aromatic N) is 3. The Bertz CT molecular complexity index is 788. The minimum atomic E-state index is -4.21. The van der Waals surface area contributed by atoms with Gasteiger partial charge in [-0.05, 0) is 13.0 Å². The number of aryl methyl sites for hydroxylation is 1. The van der Waals surface area contributed by atoms with E-state index in [1.165, 1.54) is 0 Å². The van der Waals surface area contributed by atoms with Crippen LogP contribution in [0.1, 0.15) is 11.7 Å². The van der Waals surface area contributed by atoms with E-state index >= 15 is 0 Å². The van der Waals surface area contributed by atoms with Crippen molar-refractivity contribution in [1.82, 2.24) is 10.1 Å². The second-order valence-electron chi connectivity index (χ2n) is 3.85. The predicted octanol–water partition coefficient (Wildman–Crippen LogP) is 1.79. The smallest absolute Gasteiger partial charge is 0.271 e. The number of non-ortho nitro benzene ring substituents is 1. The van der Waals surface area contributed by atoms with Gasteiger partial charge >= 0.3 is 0 Å². The lowest BCUT2D eigenvalue weighted by molar-refractivity contribution is -0.385. The number of nitro benzene ring substituents is 1. The molecule has 0 radical (unpaired) electrons. The number of halogens is 1. The summed E-state index contributed by atoms with van der Waals surface area (Å²) in [4.78, 5) is 13.3. The van der Waals surface area contributed by atoms with Gasteiger partial charge in [-0.3, -0.25) is 10.1 Å². The summed E-state index contributed by atoms with van der Waals surface area (Å²) < 4.78 is 32.9. The normalized spacial score (nSPS) is 11.3. The molecule has 0 spiro atoms. The van der Waals surface area contributed by atoms with E-state index in [1.54, 1.807) is 6.92 Å². The van der Waals surface area contributed by atoms with Gasteiger partial charge in [-0.2, -0.15) is 4.98 Å². The predicted molar refractivity (Wildman–Crippen MR) is 69.5 cm³/mol. The van der Waals surface area contributed by atoms with Gasteiger partial charge in [0.15, 0.2) is 12.4 Å². The second kappa shape index (κ2) is 5.66. The standard InChI is InChI=1S/C10H8ClN3O6S/c1-6-12-10(20-13-6)5-19-8-3-2-7(14(15)16)4-9(8)21(11,17)18/h2-4H,5H2,1H3. The molecular weight excluding hydrogens is 326 g/mol. The largest absolute Gasteiger partial charge is 0.482 e. The van der Waals surface area contributed by atoms with Crippen molar-refractivity contribution in [1.29, 1.82) is 0 Å². The highest BCUT2D eigenvalue weighted by Gasteiger charge is 2.22. The fourth-order valence-electron chi connectivity index (χ4n) is 1.46. The zero-order valence-electron chi connectivity index (χ0n) is 10.5. The van der Waals surface area contributed by atoms with E-state index in [9.17, 15) is 18.5 Å². The molecule has 1 aromatic carbocycles. The Morgan fingerprint density at radius 3 is 2.71 bits per heavy atom. The summed E-state index contributed by atoms with van der Waals surface area (Å²) in [5, 5.41) is 14.2.